The number of benzene rings is 2. The zero-order valence-electron chi connectivity index (χ0n) is 23.5. The van der Waals surface area contributed by atoms with Crippen molar-refractivity contribution in [2.24, 2.45) is 11.8 Å². The molecule has 210 valence electrons. The summed E-state index contributed by atoms with van der Waals surface area (Å²) in [6.07, 6.45) is 6.62. The van der Waals surface area contributed by atoms with Gasteiger partial charge in [-0.3, -0.25) is 0 Å². The van der Waals surface area contributed by atoms with Gasteiger partial charge in [0.05, 0.1) is 13.2 Å². The molecular formula is C32H48N2O4. The van der Waals surface area contributed by atoms with Gasteiger partial charge in [-0.05, 0) is 112 Å². The second kappa shape index (κ2) is 14.9. The molecule has 4 rings (SSSR count). The molecule has 0 amide bonds. The van der Waals surface area contributed by atoms with Gasteiger partial charge in [-0.25, -0.2) is 0 Å². The Hall–Kier alpha value is -2.12. The van der Waals surface area contributed by atoms with E-state index in [-0.39, 0.29) is 0 Å². The molecule has 0 saturated carbocycles. The van der Waals surface area contributed by atoms with Gasteiger partial charge in [0.1, 0.15) is 11.5 Å². The first kappa shape index (κ1) is 28.9. The SMILES string of the molecule is Cc1c(OCCCN2CCCC(CO)C2)cccc1-c1cccc(OCCCN2CCCC(CO)C2)c1C. The Labute approximate surface area is 229 Å². The van der Waals surface area contributed by atoms with Crippen molar-refractivity contribution in [3.8, 4) is 22.6 Å². The minimum absolute atomic E-state index is 0.301. The fourth-order valence-corrected chi connectivity index (χ4v) is 6.07. The van der Waals surface area contributed by atoms with Gasteiger partial charge in [0, 0.05) is 39.4 Å². The quantitative estimate of drug-likeness (QED) is 0.363. The average Bonchev–Trinajstić information content (AvgIpc) is 2.95. The van der Waals surface area contributed by atoms with Crippen LogP contribution in [0.3, 0.4) is 0 Å². The molecule has 6 heteroatoms. The molecule has 0 spiro atoms. The zero-order valence-corrected chi connectivity index (χ0v) is 23.5. The first-order valence-corrected chi connectivity index (χ1v) is 14.7. The summed E-state index contributed by atoms with van der Waals surface area (Å²) >= 11 is 0. The van der Waals surface area contributed by atoms with Crippen molar-refractivity contribution in [3.05, 3.63) is 47.5 Å². The molecule has 2 N–H and O–H groups in total. The third-order valence-electron chi connectivity index (χ3n) is 8.33. The number of aliphatic hydroxyl groups excluding tert-OH is 2. The van der Waals surface area contributed by atoms with E-state index < -0.39 is 0 Å². The zero-order chi connectivity index (χ0) is 26.7. The number of nitrogens with zero attached hydrogens (tertiary/aromatic N) is 2. The van der Waals surface area contributed by atoms with Crippen LogP contribution in [0.2, 0.25) is 0 Å². The first-order valence-electron chi connectivity index (χ1n) is 14.7. The topological polar surface area (TPSA) is 65.4 Å². The Morgan fingerprint density at radius 1 is 0.711 bits per heavy atom. The van der Waals surface area contributed by atoms with Crippen LogP contribution in [0.1, 0.15) is 49.7 Å². The van der Waals surface area contributed by atoms with Gasteiger partial charge < -0.3 is 29.5 Å². The average molecular weight is 525 g/mol. The van der Waals surface area contributed by atoms with E-state index in [0.717, 1.165) is 87.6 Å². The highest BCUT2D eigenvalue weighted by atomic mass is 16.5. The fraction of sp³-hybridized carbons (Fsp3) is 0.625. The van der Waals surface area contributed by atoms with Crippen LogP contribution < -0.4 is 9.47 Å². The Balaban J connectivity index is 1.29. The molecule has 0 aliphatic carbocycles. The van der Waals surface area contributed by atoms with E-state index in [0.29, 0.717) is 38.3 Å². The maximum absolute atomic E-state index is 9.47. The number of hydrogen-bond acceptors (Lipinski definition) is 6. The summed E-state index contributed by atoms with van der Waals surface area (Å²) in [4.78, 5) is 4.93. The second-order valence-corrected chi connectivity index (χ2v) is 11.2. The molecule has 2 fully saturated rings. The lowest BCUT2D eigenvalue weighted by atomic mass is 9.95. The molecular weight excluding hydrogens is 476 g/mol. The van der Waals surface area contributed by atoms with Crippen molar-refractivity contribution in [2.75, 3.05) is 65.7 Å². The van der Waals surface area contributed by atoms with E-state index in [1.165, 1.54) is 24.0 Å². The molecule has 2 atom stereocenters. The summed E-state index contributed by atoms with van der Waals surface area (Å²) in [5.74, 6) is 2.76. The van der Waals surface area contributed by atoms with Gasteiger partial charge in [0.15, 0.2) is 0 Å². The Morgan fingerprint density at radius 2 is 1.16 bits per heavy atom. The van der Waals surface area contributed by atoms with E-state index in [1.54, 1.807) is 0 Å². The molecule has 0 bridgehead atoms. The van der Waals surface area contributed by atoms with Crippen molar-refractivity contribution < 1.29 is 19.7 Å². The molecule has 2 unspecified atom stereocenters. The predicted octanol–water partition coefficient (Wildman–Crippen LogP) is 4.92. The highest BCUT2D eigenvalue weighted by Gasteiger charge is 2.20. The van der Waals surface area contributed by atoms with Crippen LogP contribution in [0.25, 0.3) is 11.1 Å². The summed E-state index contributed by atoms with van der Waals surface area (Å²) < 4.78 is 12.5. The first-order chi connectivity index (χ1) is 18.6. The number of rotatable bonds is 13. The third kappa shape index (κ3) is 7.95. The lowest BCUT2D eigenvalue weighted by molar-refractivity contribution is 0.115. The van der Waals surface area contributed by atoms with Gasteiger partial charge in [-0.15, -0.1) is 0 Å². The van der Waals surface area contributed by atoms with Gasteiger partial charge in [-0.2, -0.15) is 0 Å². The van der Waals surface area contributed by atoms with Crippen molar-refractivity contribution in [1.29, 1.82) is 0 Å². The lowest BCUT2D eigenvalue weighted by Crippen LogP contribution is -2.37. The largest absolute Gasteiger partial charge is 0.493 e. The molecule has 2 heterocycles. The number of ether oxygens (including phenoxy) is 2. The van der Waals surface area contributed by atoms with Crippen LogP contribution in [-0.2, 0) is 0 Å². The molecule has 6 nitrogen and oxygen atoms in total. The minimum Gasteiger partial charge on any atom is -0.493 e. The molecule has 2 saturated heterocycles. The van der Waals surface area contributed by atoms with E-state index >= 15 is 0 Å². The number of aliphatic hydroxyl groups is 2. The van der Waals surface area contributed by atoms with Crippen molar-refractivity contribution in [1.82, 2.24) is 9.80 Å². The lowest BCUT2D eigenvalue weighted by Gasteiger charge is -2.31. The van der Waals surface area contributed by atoms with Gasteiger partial charge >= 0.3 is 0 Å². The van der Waals surface area contributed by atoms with Gasteiger partial charge in [-0.1, -0.05) is 24.3 Å². The van der Waals surface area contributed by atoms with Crippen molar-refractivity contribution >= 4 is 0 Å². The van der Waals surface area contributed by atoms with Gasteiger partial charge in [0.25, 0.3) is 0 Å². The molecule has 2 aromatic rings. The summed E-state index contributed by atoms with van der Waals surface area (Å²) in [5, 5.41) is 18.9. The normalized spacial score (nSPS) is 20.9. The molecule has 2 aromatic carbocycles. The summed E-state index contributed by atoms with van der Waals surface area (Å²) in [5.41, 5.74) is 4.70. The Kier molecular flexibility index (Phi) is 11.3. The third-order valence-corrected chi connectivity index (χ3v) is 8.33. The molecule has 38 heavy (non-hydrogen) atoms. The number of likely N-dealkylation sites (tertiary alicyclic amines) is 2. The second-order valence-electron chi connectivity index (χ2n) is 11.2. The van der Waals surface area contributed by atoms with Crippen LogP contribution in [0, 0.1) is 25.7 Å². The van der Waals surface area contributed by atoms with Crippen LogP contribution in [0.5, 0.6) is 11.5 Å². The molecule has 2 aliphatic heterocycles. The van der Waals surface area contributed by atoms with E-state index in [9.17, 15) is 10.2 Å². The standard InChI is InChI=1S/C32H48N2O4/c1-25-29(11-3-13-31(25)37-19-7-17-33-15-5-9-27(21-33)23-35)30-12-4-14-32(26(30)2)38-20-8-18-34-16-6-10-28(22-34)24-36/h3-4,11-14,27-28,35-36H,5-10,15-24H2,1-2H3. The van der Waals surface area contributed by atoms with Crippen molar-refractivity contribution in [2.45, 2.75) is 52.4 Å². The molecule has 0 aromatic heterocycles. The highest BCUT2D eigenvalue weighted by molar-refractivity contribution is 5.74. The Morgan fingerprint density at radius 3 is 1.58 bits per heavy atom. The monoisotopic (exact) mass is 524 g/mol. The smallest absolute Gasteiger partial charge is 0.122 e. The number of piperidine rings is 2. The fourth-order valence-electron chi connectivity index (χ4n) is 6.07. The molecule has 0 radical (unpaired) electrons. The maximum Gasteiger partial charge on any atom is 0.122 e. The summed E-state index contributed by atoms with van der Waals surface area (Å²) in [6.45, 7) is 12.6. The van der Waals surface area contributed by atoms with Crippen molar-refractivity contribution in [3.63, 3.8) is 0 Å². The van der Waals surface area contributed by atoms with Crippen LogP contribution in [-0.4, -0.2) is 85.7 Å². The Bertz CT molecular complexity index is 918. The van der Waals surface area contributed by atoms with E-state index in [2.05, 4.69) is 60.0 Å². The highest BCUT2D eigenvalue weighted by Crippen LogP contribution is 2.35. The maximum atomic E-state index is 9.47. The van der Waals surface area contributed by atoms with Gasteiger partial charge in [0.2, 0.25) is 0 Å². The predicted molar refractivity (Wildman–Crippen MR) is 154 cm³/mol. The number of hydrogen-bond donors (Lipinski definition) is 2. The van der Waals surface area contributed by atoms with E-state index in [4.69, 9.17) is 9.47 Å². The van der Waals surface area contributed by atoms with Crippen LogP contribution in [0.15, 0.2) is 36.4 Å². The summed E-state index contributed by atoms with van der Waals surface area (Å²) in [6, 6.07) is 12.6. The van der Waals surface area contributed by atoms with Crippen LogP contribution in [0.4, 0.5) is 0 Å². The van der Waals surface area contributed by atoms with Crippen LogP contribution >= 0.6 is 0 Å². The minimum atomic E-state index is 0.301. The molecule has 2 aliphatic rings. The summed E-state index contributed by atoms with van der Waals surface area (Å²) in [7, 11) is 0. The van der Waals surface area contributed by atoms with E-state index in [1.807, 2.05) is 0 Å².